The SMILES string of the molecule is CCOc1ccc(N2CC(C(=O)NC(c3ccc(Cl)cc3)C(C)C)CC2=O)cc1. The van der Waals surface area contributed by atoms with Crippen LogP contribution in [0.15, 0.2) is 48.5 Å². The van der Waals surface area contributed by atoms with Crippen molar-refractivity contribution in [1.82, 2.24) is 5.32 Å². The normalized spacial score (nSPS) is 17.5. The Morgan fingerprint density at radius 1 is 1.17 bits per heavy atom. The van der Waals surface area contributed by atoms with Gasteiger partial charge in [-0.2, -0.15) is 0 Å². The van der Waals surface area contributed by atoms with Gasteiger partial charge in [0, 0.05) is 23.7 Å². The van der Waals surface area contributed by atoms with Gasteiger partial charge in [0.15, 0.2) is 0 Å². The zero-order valence-electron chi connectivity index (χ0n) is 17.0. The molecular formula is C23H27ClN2O3. The molecule has 6 heteroatoms. The van der Waals surface area contributed by atoms with Gasteiger partial charge in [0.1, 0.15) is 5.75 Å². The van der Waals surface area contributed by atoms with Gasteiger partial charge in [-0.05, 0) is 54.8 Å². The standard InChI is InChI=1S/C23H27ClN2O3/c1-4-29-20-11-9-19(10-12-20)26-14-17(13-21(26)27)23(28)25-22(15(2)3)16-5-7-18(24)8-6-16/h5-12,15,17,22H,4,13-14H2,1-3H3,(H,25,28). The van der Waals surface area contributed by atoms with Crippen molar-refractivity contribution in [2.45, 2.75) is 33.2 Å². The first-order valence-electron chi connectivity index (χ1n) is 9.98. The summed E-state index contributed by atoms with van der Waals surface area (Å²) in [6.07, 6.45) is 0.213. The molecule has 1 aliphatic rings. The van der Waals surface area contributed by atoms with Crippen LogP contribution in [0.2, 0.25) is 5.02 Å². The summed E-state index contributed by atoms with van der Waals surface area (Å²) >= 11 is 5.98. The van der Waals surface area contributed by atoms with E-state index in [0.717, 1.165) is 17.0 Å². The molecule has 0 radical (unpaired) electrons. The maximum Gasteiger partial charge on any atom is 0.227 e. The van der Waals surface area contributed by atoms with Crippen LogP contribution in [0.25, 0.3) is 0 Å². The van der Waals surface area contributed by atoms with Crippen molar-refractivity contribution in [3.8, 4) is 5.75 Å². The monoisotopic (exact) mass is 414 g/mol. The van der Waals surface area contributed by atoms with Gasteiger partial charge in [0.25, 0.3) is 0 Å². The van der Waals surface area contributed by atoms with Crippen LogP contribution in [-0.2, 0) is 9.59 Å². The van der Waals surface area contributed by atoms with Crippen LogP contribution in [0.4, 0.5) is 5.69 Å². The first-order valence-corrected chi connectivity index (χ1v) is 10.4. The van der Waals surface area contributed by atoms with Gasteiger partial charge in [-0.3, -0.25) is 9.59 Å². The molecule has 1 aliphatic heterocycles. The average Bonchev–Trinajstić information content (AvgIpc) is 3.09. The highest BCUT2D eigenvalue weighted by molar-refractivity contribution is 6.30. The lowest BCUT2D eigenvalue weighted by Crippen LogP contribution is -2.37. The van der Waals surface area contributed by atoms with Crippen molar-refractivity contribution >= 4 is 29.1 Å². The van der Waals surface area contributed by atoms with E-state index in [-0.39, 0.29) is 36.1 Å². The largest absolute Gasteiger partial charge is 0.494 e. The number of anilines is 1. The average molecular weight is 415 g/mol. The number of amides is 2. The van der Waals surface area contributed by atoms with Gasteiger partial charge >= 0.3 is 0 Å². The minimum absolute atomic E-state index is 0.0399. The molecule has 2 unspecified atom stereocenters. The zero-order chi connectivity index (χ0) is 21.0. The number of benzene rings is 2. The molecule has 0 aliphatic carbocycles. The Morgan fingerprint density at radius 2 is 1.83 bits per heavy atom. The lowest BCUT2D eigenvalue weighted by atomic mass is 9.95. The van der Waals surface area contributed by atoms with E-state index in [4.69, 9.17) is 16.3 Å². The number of ether oxygens (including phenoxy) is 1. The van der Waals surface area contributed by atoms with Crippen LogP contribution in [-0.4, -0.2) is 25.0 Å². The van der Waals surface area contributed by atoms with Gasteiger partial charge in [-0.1, -0.05) is 37.6 Å². The molecular weight excluding hydrogens is 388 g/mol. The van der Waals surface area contributed by atoms with Crippen LogP contribution >= 0.6 is 11.6 Å². The minimum atomic E-state index is -0.373. The van der Waals surface area contributed by atoms with Crippen LogP contribution in [0, 0.1) is 11.8 Å². The van der Waals surface area contributed by atoms with E-state index >= 15 is 0 Å². The Kier molecular flexibility index (Phi) is 6.80. The van der Waals surface area contributed by atoms with E-state index in [1.54, 1.807) is 4.90 Å². The number of halogens is 1. The molecule has 0 saturated carbocycles. The van der Waals surface area contributed by atoms with Crippen molar-refractivity contribution in [3.63, 3.8) is 0 Å². The Balaban J connectivity index is 1.68. The zero-order valence-corrected chi connectivity index (χ0v) is 17.8. The number of carbonyl (C=O) groups is 2. The Bertz CT molecular complexity index is 849. The van der Waals surface area contributed by atoms with Gasteiger partial charge in [-0.25, -0.2) is 0 Å². The summed E-state index contributed by atoms with van der Waals surface area (Å²) in [4.78, 5) is 27.1. The Morgan fingerprint density at radius 3 is 2.41 bits per heavy atom. The third kappa shape index (κ3) is 5.10. The molecule has 1 saturated heterocycles. The molecule has 3 rings (SSSR count). The summed E-state index contributed by atoms with van der Waals surface area (Å²) in [6, 6.07) is 14.8. The fourth-order valence-corrected chi connectivity index (χ4v) is 3.72. The second kappa shape index (κ2) is 9.31. The molecule has 2 aromatic rings. The second-order valence-corrected chi connectivity index (χ2v) is 8.05. The van der Waals surface area contributed by atoms with Gasteiger partial charge in [0.2, 0.25) is 11.8 Å². The summed E-state index contributed by atoms with van der Waals surface area (Å²) < 4.78 is 5.45. The highest BCUT2D eigenvalue weighted by Crippen LogP contribution is 2.29. The van der Waals surface area contributed by atoms with Crippen LogP contribution in [0.5, 0.6) is 5.75 Å². The van der Waals surface area contributed by atoms with E-state index in [9.17, 15) is 9.59 Å². The van der Waals surface area contributed by atoms with Crippen molar-refractivity contribution in [2.75, 3.05) is 18.1 Å². The first kappa shape index (κ1) is 21.2. The lowest BCUT2D eigenvalue weighted by molar-refractivity contribution is -0.127. The van der Waals surface area contributed by atoms with Crippen molar-refractivity contribution in [2.24, 2.45) is 11.8 Å². The molecule has 1 N–H and O–H groups in total. The van der Waals surface area contributed by atoms with Crippen molar-refractivity contribution < 1.29 is 14.3 Å². The van der Waals surface area contributed by atoms with Gasteiger partial charge < -0.3 is 15.0 Å². The Hall–Kier alpha value is -2.53. The van der Waals surface area contributed by atoms with E-state index < -0.39 is 0 Å². The number of nitrogens with zero attached hydrogens (tertiary/aromatic N) is 1. The fraction of sp³-hybridized carbons (Fsp3) is 0.391. The molecule has 0 spiro atoms. The summed E-state index contributed by atoms with van der Waals surface area (Å²) in [5, 5.41) is 3.79. The second-order valence-electron chi connectivity index (χ2n) is 7.61. The highest BCUT2D eigenvalue weighted by Gasteiger charge is 2.36. The molecule has 154 valence electrons. The summed E-state index contributed by atoms with van der Waals surface area (Å²) in [5.74, 6) is 0.462. The summed E-state index contributed by atoms with van der Waals surface area (Å²) in [7, 11) is 0. The maximum absolute atomic E-state index is 12.9. The molecule has 2 aromatic carbocycles. The molecule has 1 heterocycles. The van der Waals surface area contributed by atoms with E-state index in [0.29, 0.717) is 18.2 Å². The number of hydrogen-bond acceptors (Lipinski definition) is 3. The first-order chi connectivity index (χ1) is 13.9. The molecule has 0 aromatic heterocycles. The smallest absolute Gasteiger partial charge is 0.227 e. The van der Waals surface area contributed by atoms with Crippen LogP contribution in [0.3, 0.4) is 0 Å². The predicted octanol–water partition coefficient (Wildman–Crippen LogP) is 4.61. The molecule has 1 fully saturated rings. The van der Waals surface area contributed by atoms with Crippen LogP contribution in [0.1, 0.15) is 38.8 Å². The molecule has 29 heavy (non-hydrogen) atoms. The third-order valence-electron chi connectivity index (χ3n) is 5.15. The number of nitrogens with one attached hydrogen (secondary N) is 1. The predicted molar refractivity (Wildman–Crippen MR) is 115 cm³/mol. The lowest BCUT2D eigenvalue weighted by Gasteiger charge is -2.25. The number of hydrogen-bond donors (Lipinski definition) is 1. The van der Waals surface area contributed by atoms with Gasteiger partial charge in [0.05, 0.1) is 18.6 Å². The van der Waals surface area contributed by atoms with Crippen molar-refractivity contribution in [1.29, 1.82) is 0 Å². The van der Waals surface area contributed by atoms with Crippen molar-refractivity contribution in [3.05, 3.63) is 59.1 Å². The number of rotatable bonds is 7. The van der Waals surface area contributed by atoms with Gasteiger partial charge in [-0.15, -0.1) is 0 Å². The van der Waals surface area contributed by atoms with Crippen LogP contribution < -0.4 is 15.0 Å². The topological polar surface area (TPSA) is 58.6 Å². The Labute approximate surface area is 177 Å². The van der Waals surface area contributed by atoms with E-state index in [2.05, 4.69) is 19.2 Å². The minimum Gasteiger partial charge on any atom is -0.494 e. The molecule has 0 bridgehead atoms. The summed E-state index contributed by atoms with van der Waals surface area (Å²) in [6.45, 7) is 7.02. The van der Waals surface area contributed by atoms with E-state index in [1.807, 2.05) is 55.5 Å². The third-order valence-corrected chi connectivity index (χ3v) is 5.40. The maximum atomic E-state index is 12.9. The number of carbonyl (C=O) groups excluding carboxylic acids is 2. The van der Waals surface area contributed by atoms with E-state index in [1.165, 1.54) is 0 Å². The molecule has 5 nitrogen and oxygen atoms in total. The fourth-order valence-electron chi connectivity index (χ4n) is 3.60. The molecule has 2 amide bonds. The molecule has 2 atom stereocenters. The quantitative estimate of drug-likeness (QED) is 0.720. The summed E-state index contributed by atoms with van der Waals surface area (Å²) in [5.41, 5.74) is 1.79. The highest BCUT2D eigenvalue weighted by atomic mass is 35.5.